The Hall–Kier alpha value is -2.61. The zero-order valence-electron chi connectivity index (χ0n) is 12.5. The minimum Gasteiger partial charge on any atom is -0.483 e. The van der Waals surface area contributed by atoms with E-state index in [0.29, 0.717) is 23.1 Å². The van der Waals surface area contributed by atoms with Crippen molar-refractivity contribution in [1.29, 1.82) is 0 Å². The van der Waals surface area contributed by atoms with Crippen molar-refractivity contribution in [3.63, 3.8) is 0 Å². The van der Waals surface area contributed by atoms with Gasteiger partial charge in [-0.2, -0.15) is 0 Å². The van der Waals surface area contributed by atoms with Crippen LogP contribution in [0.4, 0.5) is 0 Å². The van der Waals surface area contributed by atoms with Crippen molar-refractivity contribution in [2.75, 3.05) is 13.2 Å². The molecule has 1 amide bonds. The van der Waals surface area contributed by atoms with Crippen LogP contribution in [0.5, 0.6) is 11.5 Å². The molecule has 122 valence electrons. The highest BCUT2D eigenvalue weighted by Crippen LogP contribution is 2.27. The van der Waals surface area contributed by atoms with Gasteiger partial charge in [-0.25, -0.2) is 9.78 Å². The molecule has 0 fully saturated rings. The van der Waals surface area contributed by atoms with Crippen molar-refractivity contribution in [3.05, 3.63) is 40.3 Å². The van der Waals surface area contributed by atoms with E-state index in [2.05, 4.69) is 4.98 Å². The summed E-state index contributed by atoms with van der Waals surface area (Å²) in [5.41, 5.74) is 5.31. The summed E-state index contributed by atoms with van der Waals surface area (Å²) in [5.74, 6) is -0.158. The highest BCUT2D eigenvalue weighted by Gasteiger charge is 2.12. The van der Waals surface area contributed by atoms with Crippen LogP contribution >= 0.6 is 11.3 Å². The smallest absolute Gasteiger partial charge is 0.357 e. The van der Waals surface area contributed by atoms with Gasteiger partial charge in [-0.1, -0.05) is 12.1 Å². The second kappa shape index (κ2) is 8.14. The van der Waals surface area contributed by atoms with Crippen molar-refractivity contribution in [1.82, 2.24) is 4.98 Å². The Morgan fingerprint density at radius 2 is 1.91 bits per heavy atom. The number of hydrogen-bond acceptors (Lipinski definition) is 7. The van der Waals surface area contributed by atoms with E-state index in [4.69, 9.17) is 19.9 Å². The molecule has 2 rings (SSSR count). The first-order valence-corrected chi connectivity index (χ1v) is 7.72. The Kier molecular flexibility index (Phi) is 5.93. The van der Waals surface area contributed by atoms with Crippen LogP contribution in [0.3, 0.4) is 0 Å². The first kappa shape index (κ1) is 16.8. The van der Waals surface area contributed by atoms with E-state index >= 15 is 0 Å². The quantitative estimate of drug-likeness (QED) is 0.737. The lowest BCUT2D eigenvalue weighted by molar-refractivity contribution is -0.119. The van der Waals surface area contributed by atoms with Crippen LogP contribution in [-0.4, -0.2) is 30.1 Å². The van der Waals surface area contributed by atoms with E-state index in [1.54, 1.807) is 36.6 Å². The average Bonchev–Trinajstić information content (AvgIpc) is 3.01. The summed E-state index contributed by atoms with van der Waals surface area (Å²) < 4.78 is 15.8. The summed E-state index contributed by atoms with van der Waals surface area (Å²) in [4.78, 5) is 26.5. The van der Waals surface area contributed by atoms with Gasteiger partial charge in [-0.15, -0.1) is 11.3 Å². The maximum atomic E-state index is 11.6. The molecule has 7 nitrogen and oxygen atoms in total. The summed E-state index contributed by atoms with van der Waals surface area (Å²) in [7, 11) is 0. The Bertz CT molecular complexity index is 686. The number of hydrogen-bond donors (Lipinski definition) is 1. The van der Waals surface area contributed by atoms with Crippen LogP contribution < -0.4 is 15.2 Å². The predicted octanol–water partition coefficient (Wildman–Crippen LogP) is 1.76. The van der Waals surface area contributed by atoms with Gasteiger partial charge < -0.3 is 19.9 Å². The minimum absolute atomic E-state index is 0.168. The Labute approximate surface area is 137 Å². The molecule has 0 atom stereocenters. The topological polar surface area (TPSA) is 101 Å². The molecule has 0 aliphatic carbocycles. The third-order valence-corrected chi connectivity index (χ3v) is 3.43. The fraction of sp³-hybridized carbons (Fsp3) is 0.267. The maximum absolute atomic E-state index is 11.6. The number of amides is 1. The van der Waals surface area contributed by atoms with Crippen LogP contribution in [-0.2, 0) is 16.1 Å². The number of rotatable bonds is 8. The number of nitrogens with zero attached hydrogens (tertiary/aromatic N) is 1. The van der Waals surface area contributed by atoms with E-state index < -0.39 is 11.9 Å². The number of para-hydroxylation sites is 2. The lowest BCUT2D eigenvalue weighted by atomic mass is 10.3. The number of carbonyl (C=O) groups is 2. The fourth-order valence-corrected chi connectivity index (χ4v) is 2.33. The summed E-state index contributed by atoms with van der Waals surface area (Å²) in [6.45, 7) is 1.97. The van der Waals surface area contributed by atoms with E-state index in [1.807, 2.05) is 0 Å². The molecule has 0 unspecified atom stereocenters. The number of carbonyl (C=O) groups excluding carboxylic acids is 2. The van der Waals surface area contributed by atoms with Crippen LogP contribution in [0, 0.1) is 0 Å². The molecular weight excluding hydrogens is 320 g/mol. The van der Waals surface area contributed by atoms with Gasteiger partial charge in [-0.3, -0.25) is 4.79 Å². The molecular formula is C15H16N2O5S. The van der Waals surface area contributed by atoms with E-state index in [1.165, 1.54) is 11.3 Å². The third kappa shape index (κ3) is 4.96. The Balaban J connectivity index is 1.98. The fourth-order valence-electron chi connectivity index (χ4n) is 1.65. The summed E-state index contributed by atoms with van der Waals surface area (Å²) in [6, 6.07) is 6.91. The van der Waals surface area contributed by atoms with Crippen molar-refractivity contribution < 1.29 is 23.8 Å². The second-order valence-corrected chi connectivity index (χ2v) is 5.28. The molecule has 0 aliphatic heterocycles. The van der Waals surface area contributed by atoms with Gasteiger partial charge in [0, 0.05) is 5.38 Å². The molecule has 1 aromatic carbocycles. The second-order valence-electron chi connectivity index (χ2n) is 4.34. The molecule has 0 saturated carbocycles. The maximum Gasteiger partial charge on any atom is 0.357 e. The molecule has 2 N–H and O–H groups in total. The number of thiazole rings is 1. The Morgan fingerprint density at radius 1 is 1.22 bits per heavy atom. The third-order valence-electron chi connectivity index (χ3n) is 2.61. The number of aromatic nitrogens is 1. The zero-order valence-corrected chi connectivity index (χ0v) is 13.3. The van der Waals surface area contributed by atoms with Crippen LogP contribution in [0.25, 0.3) is 0 Å². The van der Waals surface area contributed by atoms with E-state index in [9.17, 15) is 9.59 Å². The first-order valence-electron chi connectivity index (χ1n) is 6.84. The van der Waals surface area contributed by atoms with E-state index in [-0.39, 0.29) is 18.9 Å². The number of nitrogens with two attached hydrogens (primary N) is 1. The van der Waals surface area contributed by atoms with Crippen molar-refractivity contribution in [2.45, 2.75) is 13.5 Å². The van der Waals surface area contributed by atoms with Gasteiger partial charge in [0.1, 0.15) is 11.6 Å². The lowest BCUT2D eigenvalue weighted by Crippen LogP contribution is -2.20. The van der Waals surface area contributed by atoms with E-state index in [0.717, 1.165) is 0 Å². The lowest BCUT2D eigenvalue weighted by Gasteiger charge is -2.10. The molecule has 0 bridgehead atoms. The highest BCUT2D eigenvalue weighted by atomic mass is 32.1. The SMILES string of the molecule is CCOC(=O)c1csc(COc2ccccc2OCC(N)=O)n1. The van der Waals surface area contributed by atoms with Gasteiger partial charge in [0.15, 0.2) is 23.8 Å². The summed E-state index contributed by atoms with van der Waals surface area (Å²) in [6.07, 6.45) is 0. The predicted molar refractivity (Wildman–Crippen MR) is 83.5 cm³/mol. The minimum atomic E-state index is -0.571. The van der Waals surface area contributed by atoms with Gasteiger partial charge in [0.05, 0.1) is 6.61 Å². The zero-order chi connectivity index (χ0) is 16.7. The molecule has 0 radical (unpaired) electrons. The number of benzene rings is 1. The molecule has 0 saturated heterocycles. The van der Waals surface area contributed by atoms with Crippen LogP contribution in [0.1, 0.15) is 22.4 Å². The molecule has 2 aromatic rings. The molecule has 1 aromatic heterocycles. The molecule has 0 spiro atoms. The number of esters is 1. The van der Waals surface area contributed by atoms with Gasteiger partial charge in [0.2, 0.25) is 0 Å². The number of primary amides is 1. The van der Waals surface area contributed by atoms with Gasteiger partial charge in [0.25, 0.3) is 5.91 Å². The highest BCUT2D eigenvalue weighted by molar-refractivity contribution is 7.09. The van der Waals surface area contributed by atoms with Crippen LogP contribution in [0.15, 0.2) is 29.6 Å². The van der Waals surface area contributed by atoms with Crippen LogP contribution in [0.2, 0.25) is 0 Å². The molecule has 23 heavy (non-hydrogen) atoms. The molecule has 8 heteroatoms. The monoisotopic (exact) mass is 336 g/mol. The molecule has 0 aliphatic rings. The summed E-state index contributed by atoms with van der Waals surface area (Å²) in [5, 5.41) is 2.24. The van der Waals surface area contributed by atoms with Gasteiger partial charge >= 0.3 is 5.97 Å². The largest absolute Gasteiger partial charge is 0.483 e. The standard InChI is InChI=1S/C15H16N2O5S/c1-2-20-15(19)10-9-23-14(17-10)8-22-12-6-4-3-5-11(12)21-7-13(16)18/h3-6,9H,2,7-8H2,1H3,(H2,16,18). The first-order chi connectivity index (χ1) is 11.1. The summed E-state index contributed by atoms with van der Waals surface area (Å²) >= 11 is 1.30. The van der Waals surface area contributed by atoms with Gasteiger partial charge in [-0.05, 0) is 19.1 Å². The number of ether oxygens (including phenoxy) is 3. The Morgan fingerprint density at radius 3 is 2.57 bits per heavy atom. The van der Waals surface area contributed by atoms with Crippen molar-refractivity contribution in [2.24, 2.45) is 5.73 Å². The normalized spacial score (nSPS) is 10.1. The molecule has 1 heterocycles. The van der Waals surface area contributed by atoms with Crippen molar-refractivity contribution in [3.8, 4) is 11.5 Å². The average molecular weight is 336 g/mol. The van der Waals surface area contributed by atoms with Crippen molar-refractivity contribution >= 4 is 23.2 Å².